The molecule has 0 aromatic heterocycles. The molecular weight excluding hydrogens is 279 g/mol. The maximum atomic E-state index is 13.0. The Morgan fingerprint density at radius 1 is 1.30 bits per heavy atom. The van der Waals surface area contributed by atoms with Crippen molar-refractivity contribution in [1.82, 2.24) is 0 Å². The number of rotatable bonds is 4. The fourth-order valence-corrected chi connectivity index (χ4v) is 2.27. The van der Waals surface area contributed by atoms with Crippen molar-refractivity contribution in [2.24, 2.45) is 5.73 Å². The van der Waals surface area contributed by atoms with Gasteiger partial charge in [0.05, 0.1) is 0 Å². The molecule has 0 saturated carbocycles. The Kier molecular flexibility index (Phi) is 4.25. The van der Waals surface area contributed by atoms with Crippen molar-refractivity contribution in [1.29, 1.82) is 0 Å². The molecule has 1 unspecified atom stereocenters. The lowest BCUT2D eigenvalue weighted by Crippen LogP contribution is -2.12. The summed E-state index contributed by atoms with van der Waals surface area (Å²) in [7, 11) is 0. The number of carbonyl (C=O) groups is 1. The van der Waals surface area contributed by atoms with Crippen LogP contribution in [-0.4, -0.2) is 5.91 Å². The number of primary amides is 1. The highest BCUT2D eigenvalue weighted by atomic mass is 35.5. The molecule has 0 bridgehead atoms. The molecule has 0 radical (unpaired) electrons. The van der Waals surface area contributed by atoms with Gasteiger partial charge in [-0.25, -0.2) is 4.39 Å². The fraction of sp³-hybridized carbons (Fsp3) is 0.133. The first kappa shape index (κ1) is 14.3. The van der Waals surface area contributed by atoms with Gasteiger partial charge in [-0.15, -0.1) is 0 Å². The van der Waals surface area contributed by atoms with E-state index in [1.54, 1.807) is 24.3 Å². The van der Waals surface area contributed by atoms with E-state index in [0.29, 0.717) is 10.6 Å². The molecule has 0 saturated heterocycles. The predicted molar refractivity (Wildman–Crippen MR) is 78.4 cm³/mol. The number of hydrogen-bond donors (Lipinski definition) is 2. The monoisotopic (exact) mass is 292 g/mol. The molecule has 5 heteroatoms. The van der Waals surface area contributed by atoms with Gasteiger partial charge in [-0.3, -0.25) is 4.79 Å². The molecule has 20 heavy (non-hydrogen) atoms. The van der Waals surface area contributed by atoms with Crippen LogP contribution in [0.1, 0.15) is 28.9 Å². The second-order valence-electron chi connectivity index (χ2n) is 4.48. The number of nitrogens with one attached hydrogen (secondary N) is 1. The molecule has 104 valence electrons. The molecule has 2 aromatic rings. The maximum Gasteiger partial charge on any atom is 0.248 e. The van der Waals surface area contributed by atoms with Crippen molar-refractivity contribution < 1.29 is 9.18 Å². The van der Waals surface area contributed by atoms with Crippen LogP contribution in [0.25, 0.3) is 0 Å². The summed E-state index contributed by atoms with van der Waals surface area (Å²) in [5, 5.41) is 3.56. The number of carbonyl (C=O) groups excluding carboxylic acids is 1. The van der Waals surface area contributed by atoms with E-state index < -0.39 is 5.91 Å². The van der Waals surface area contributed by atoms with E-state index in [9.17, 15) is 9.18 Å². The Balaban J connectivity index is 2.21. The van der Waals surface area contributed by atoms with Gasteiger partial charge in [-0.05, 0) is 42.8 Å². The van der Waals surface area contributed by atoms with Crippen molar-refractivity contribution in [3.05, 3.63) is 64.4 Å². The van der Waals surface area contributed by atoms with Crippen LogP contribution in [0.5, 0.6) is 0 Å². The minimum Gasteiger partial charge on any atom is -0.378 e. The van der Waals surface area contributed by atoms with Crippen LogP contribution in [0.2, 0.25) is 5.02 Å². The molecule has 0 aliphatic carbocycles. The van der Waals surface area contributed by atoms with Crippen LogP contribution in [0.3, 0.4) is 0 Å². The Bertz CT molecular complexity index is 646. The Labute approximate surface area is 121 Å². The van der Waals surface area contributed by atoms with Crippen LogP contribution in [0, 0.1) is 5.82 Å². The highest BCUT2D eigenvalue weighted by molar-refractivity contribution is 6.31. The number of amides is 1. The first-order valence-corrected chi connectivity index (χ1v) is 6.46. The summed E-state index contributed by atoms with van der Waals surface area (Å²) in [6, 6.07) is 11.0. The smallest absolute Gasteiger partial charge is 0.248 e. The summed E-state index contributed by atoms with van der Waals surface area (Å²) in [6.07, 6.45) is 0. The van der Waals surface area contributed by atoms with Crippen LogP contribution < -0.4 is 11.1 Å². The van der Waals surface area contributed by atoms with E-state index in [1.165, 1.54) is 12.1 Å². The molecule has 2 aromatic carbocycles. The molecule has 1 atom stereocenters. The lowest BCUT2D eigenvalue weighted by Gasteiger charge is -2.17. The van der Waals surface area contributed by atoms with Crippen molar-refractivity contribution in [2.75, 3.05) is 5.32 Å². The van der Waals surface area contributed by atoms with E-state index >= 15 is 0 Å². The van der Waals surface area contributed by atoms with E-state index in [2.05, 4.69) is 5.32 Å². The molecule has 3 N–H and O–H groups in total. The first-order valence-electron chi connectivity index (χ1n) is 6.08. The SMILES string of the molecule is CC(Nc1cccc(C(N)=O)c1)c1ccc(F)cc1Cl. The van der Waals surface area contributed by atoms with Crippen molar-refractivity contribution in [3.63, 3.8) is 0 Å². The second kappa shape index (κ2) is 5.92. The van der Waals surface area contributed by atoms with Gasteiger partial charge in [-0.1, -0.05) is 23.7 Å². The lowest BCUT2D eigenvalue weighted by molar-refractivity contribution is 0.100. The van der Waals surface area contributed by atoms with Gasteiger partial charge in [0.1, 0.15) is 5.82 Å². The van der Waals surface area contributed by atoms with Crippen LogP contribution in [-0.2, 0) is 0 Å². The number of benzene rings is 2. The summed E-state index contributed by atoms with van der Waals surface area (Å²) in [5.74, 6) is -0.859. The van der Waals surface area contributed by atoms with E-state index in [4.69, 9.17) is 17.3 Å². The molecule has 0 heterocycles. The zero-order valence-electron chi connectivity index (χ0n) is 10.9. The van der Waals surface area contributed by atoms with Crippen LogP contribution in [0.15, 0.2) is 42.5 Å². The molecule has 0 aliphatic rings. The second-order valence-corrected chi connectivity index (χ2v) is 4.88. The van der Waals surface area contributed by atoms with Crippen LogP contribution in [0.4, 0.5) is 10.1 Å². The highest BCUT2D eigenvalue weighted by Gasteiger charge is 2.11. The summed E-state index contributed by atoms with van der Waals surface area (Å²) in [6.45, 7) is 1.90. The van der Waals surface area contributed by atoms with Gasteiger partial charge in [0, 0.05) is 22.3 Å². The Hall–Kier alpha value is -2.07. The standard InChI is InChI=1S/C15H14ClFN2O/c1-9(13-6-5-11(17)8-14(13)16)19-12-4-2-3-10(7-12)15(18)20/h2-9,19H,1H3,(H2,18,20). The van der Waals surface area contributed by atoms with Gasteiger partial charge in [0.2, 0.25) is 5.91 Å². The first-order chi connectivity index (χ1) is 9.47. The third-order valence-corrected chi connectivity index (χ3v) is 3.29. The Morgan fingerprint density at radius 3 is 2.70 bits per heavy atom. The van der Waals surface area contributed by atoms with Crippen molar-refractivity contribution in [2.45, 2.75) is 13.0 Å². The third-order valence-electron chi connectivity index (χ3n) is 2.96. The van der Waals surface area contributed by atoms with E-state index in [0.717, 1.165) is 11.3 Å². The van der Waals surface area contributed by atoms with Crippen LogP contribution >= 0.6 is 11.6 Å². The normalized spacial score (nSPS) is 11.9. The fourth-order valence-electron chi connectivity index (χ4n) is 1.94. The highest BCUT2D eigenvalue weighted by Crippen LogP contribution is 2.26. The summed E-state index contributed by atoms with van der Waals surface area (Å²) in [5.41, 5.74) is 7.18. The number of nitrogens with two attached hydrogens (primary N) is 1. The largest absolute Gasteiger partial charge is 0.378 e. The zero-order valence-corrected chi connectivity index (χ0v) is 11.6. The molecule has 0 fully saturated rings. The van der Waals surface area contributed by atoms with Crippen molar-refractivity contribution >= 4 is 23.2 Å². The average Bonchev–Trinajstić information content (AvgIpc) is 2.38. The lowest BCUT2D eigenvalue weighted by atomic mass is 10.1. The molecule has 3 nitrogen and oxygen atoms in total. The molecular formula is C15H14ClFN2O. The van der Waals surface area contributed by atoms with Gasteiger partial charge in [0.25, 0.3) is 0 Å². The minimum atomic E-state index is -0.485. The molecule has 2 rings (SSSR count). The summed E-state index contributed by atoms with van der Waals surface area (Å²) in [4.78, 5) is 11.1. The number of anilines is 1. The zero-order chi connectivity index (χ0) is 14.7. The summed E-state index contributed by atoms with van der Waals surface area (Å²) < 4.78 is 13.0. The minimum absolute atomic E-state index is 0.133. The van der Waals surface area contributed by atoms with E-state index in [1.807, 2.05) is 13.0 Å². The number of halogens is 2. The number of hydrogen-bond acceptors (Lipinski definition) is 2. The molecule has 0 spiro atoms. The van der Waals surface area contributed by atoms with Crippen molar-refractivity contribution in [3.8, 4) is 0 Å². The van der Waals surface area contributed by atoms with Gasteiger partial charge < -0.3 is 11.1 Å². The molecule has 1 amide bonds. The van der Waals surface area contributed by atoms with E-state index in [-0.39, 0.29) is 11.9 Å². The average molecular weight is 293 g/mol. The molecule has 0 aliphatic heterocycles. The quantitative estimate of drug-likeness (QED) is 0.901. The van der Waals surface area contributed by atoms with Gasteiger partial charge in [-0.2, -0.15) is 0 Å². The predicted octanol–water partition coefficient (Wildman–Crippen LogP) is 3.75. The van der Waals surface area contributed by atoms with Gasteiger partial charge in [0.15, 0.2) is 0 Å². The Morgan fingerprint density at radius 2 is 2.05 bits per heavy atom. The topological polar surface area (TPSA) is 55.1 Å². The third kappa shape index (κ3) is 3.27. The van der Waals surface area contributed by atoms with Gasteiger partial charge >= 0.3 is 0 Å². The summed E-state index contributed by atoms with van der Waals surface area (Å²) >= 11 is 6.02. The maximum absolute atomic E-state index is 13.0.